The number of nitrogens with zero attached hydrogens (tertiary/aromatic N) is 1. The van der Waals surface area contributed by atoms with Gasteiger partial charge in [-0.3, -0.25) is 14.5 Å². The zero-order valence-electron chi connectivity index (χ0n) is 19.6. The molecule has 1 amide bonds. The molecule has 178 valence electrons. The molecule has 3 aromatic rings. The maximum absolute atomic E-state index is 13.8. The summed E-state index contributed by atoms with van der Waals surface area (Å²) in [5, 5.41) is 21.1. The van der Waals surface area contributed by atoms with Crippen molar-refractivity contribution in [2.75, 3.05) is 24.7 Å². The third-order valence-electron chi connectivity index (χ3n) is 5.83. The van der Waals surface area contributed by atoms with Crippen molar-refractivity contribution in [3.8, 4) is 11.5 Å². The molecule has 0 radical (unpaired) electrons. The average molecular weight is 464 g/mol. The number of fused-ring (bicyclic) bond motifs is 2. The molecule has 3 aromatic carbocycles. The molecule has 1 aliphatic heterocycles. The van der Waals surface area contributed by atoms with Crippen LogP contribution in [-0.2, 0) is 11.2 Å². The van der Waals surface area contributed by atoms with Gasteiger partial charge in [0.25, 0.3) is 5.91 Å². The second-order valence-electron chi connectivity index (χ2n) is 8.74. The number of hydrogen-bond acceptors (Lipinski definition) is 5. The summed E-state index contributed by atoms with van der Waals surface area (Å²) in [5.74, 6) is 0.122. The first kappa shape index (κ1) is 23.6. The number of anilines is 1. The Balaban J connectivity index is 1.91. The van der Waals surface area contributed by atoms with Crippen LogP contribution >= 0.6 is 0 Å². The molecule has 7 nitrogen and oxygen atoms in total. The third kappa shape index (κ3) is 4.19. The Hall–Kier alpha value is -3.58. The van der Waals surface area contributed by atoms with Crippen LogP contribution in [0.25, 0.3) is 10.8 Å². The van der Waals surface area contributed by atoms with Crippen LogP contribution in [0.4, 0.5) is 5.69 Å². The number of amides is 1. The van der Waals surface area contributed by atoms with Crippen LogP contribution in [0.5, 0.6) is 11.5 Å². The van der Waals surface area contributed by atoms with E-state index in [4.69, 9.17) is 14.6 Å². The second kappa shape index (κ2) is 9.73. The lowest BCUT2D eigenvalue weighted by molar-refractivity contribution is -0.136. The van der Waals surface area contributed by atoms with Crippen LogP contribution < -0.4 is 14.4 Å². The Bertz CT molecular complexity index is 1220. The number of aliphatic carboxylic acids is 1. The number of carboxylic acids is 1. The molecule has 0 aromatic heterocycles. The molecule has 1 atom stereocenters. The quantitative estimate of drug-likeness (QED) is 0.482. The number of carbonyl (C=O) groups is 2. The Morgan fingerprint density at radius 3 is 2.24 bits per heavy atom. The molecule has 1 unspecified atom stereocenters. The maximum Gasteiger partial charge on any atom is 0.307 e. The van der Waals surface area contributed by atoms with Gasteiger partial charge in [-0.05, 0) is 30.5 Å². The van der Waals surface area contributed by atoms with Gasteiger partial charge in [0.05, 0.1) is 37.8 Å². The van der Waals surface area contributed by atoms with E-state index < -0.39 is 12.0 Å². The van der Waals surface area contributed by atoms with Crippen molar-refractivity contribution in [1.82, 2.24) is 0 Å². The lowest BCUT2D eigenvalue weighted by atomic mass is 9.96. The average Bonchev–Trinajstić information content (AvgIpc) is 3.10. The van der Waals surface area contributed by atoms with E-state index in [-0.39, 0.29) is 24.9 Å². The van der Waals surface area contributed by atoms with Crippen molar-refractivity contribution in [2.45, 2.75) is 33.2 Å². The topological polar surface area (TPSA) is 96.3 Å². The van der Waals surface area contributed by atoms with Crippen molar-refractivity contribution in [1.29, 1.82) is 0 Å². The van der Waals surface area contributed by atoms with Crippen LogP contribution in [0.2, 0.25) is 0 Å². The first-order valence-corrected chi connectivity index (χ1v) is 11.5. The van der Waals surface area contributed by atoms with E-state index in [9.17, 15) is 14.7 Å². The van der Waals surface area contributed by atoms with Crippen LogP contribution in [0.3, 0.4) is 0 Å². The van der Waals surface area contributed by atoms with Crippen LogP contribution in [-0.4, -0.2) is 41.9 Å². The number of aliphatic hydroxyl groups excluding tert-OH is 1. The smallest absolute Gasteiger partial charge is 0.307 e. The third-order valence-corrected chi connectivity index (χ3v) is 5.83. The molecule has 0 aliphatic carbocycles. The highest BCUT2D eigenvalue weighted by atomic mass is 16.5. The molecular formula is C27H29NO6. The Morgan fingerprint density at radius 1 is 1.03 bits per heavy atom. The second-order valence-corrected chi connectivity index (χ2v) is 8.74. The molecule has 2 N–H and O–H groups in total. The van der Waals surface area contributed by atoms with E-state index in [1.807, 2.05) is 31.2 Å². The Morgan fingerprint density at radius 2 is 1.68 bits per heavy atom. The van der Waals surface area contributed by atoms with Gasteiger partial charge in [0.15, 0.2) is 0 Å². The van der Waals surface area contributed by atoms with Crippen molar-refractivity contribution in [3.05, 3.63) is 65.2 Å². The van der Waals surface area contributed by atoms with Crippen LogP contribution in [0.15, 0.2) is 48.5 Å². The predicted octanol–water partition coefficient (Wildman–Crippen LogP) is 4.59. The number of carbonyl (C=O) groups excluding carboxylic acids is 1. The summed E-state index contributed by atoms with van der Waals surface area (Å²) in [4.78, 5) is 26.4. The monoisotopic (exact) mass is 463 g/mol. The first-order chi connectivity index (χ1) is 16.4. The number of aliphatic hydroxyl groups is 1. The lowest BCUT2D eigenvalue weighted by Gasteiger charge is -2.25. The molecule has 1 aliphatic rings. The molecule has 0 saturated carbocycles. The highest BCUT2D eigenvalue weighted by molar-refractivity contribution is 6.17. The van der Waals surface area contributed by atoms with Crippen molar-refractivity contribution >= 4 is 28.3 Å². The van der Waals surface area contributed by atoms with Crippen molar-refractivity contribution < 1.29 is 29.3 Å². The van der Waals surface area contributed by atoms with Gasteiger partial charge in [-0.15, -0.1) is 0 Å². The van der Waals surface area contributed by atoms with Gasteiger partial charge in [0.2, 0.25) is 0 Å². The molecule has 0 bridgehead atoms. The van der Waals surface area contributed by atoms with Gasteiger partial charge in [-0.2, -0.15) is 0 Å². The van der Waals surface area contributed by atoms with Gasteiger partial charge < -0.3 is 19.7 Å². The standard InChI is InChI=1S/C27H29NO6/c1-4-33-26-20-8-6-5-7-19(20)25(34-15-16(2)3)23-21(14-29)28(27(32)24(23)26)18-11-9-17(10-12-18)13-22(30)31/h5-12,16,21,29H,4,13-15H2,1-3H3,(H,30,31). The molecule has 34 heavy (non-hydrogen) atoms. The minimum Gasteiger partial charge on any atom is -0.492 e. The van der Waals surface area contributed by atoms with E-state index in [0.717, 1.165) is 10.8 Å². The van der Waals surface area contributed by atoms with Crippen LogP contribution in [0.1, 0.15) is 48.3 Å². The fraction of sp³-hybridized carbons (Fsp3) is 0.333. The summed E-state index contributed by atoms with van der Waals surface area (Å²) in [6, 6.07) is 13.8. The molecule has 7 heteroatoms. The Labute approximate surface area is 198 Å². The van der Waals surface area contributed by atoms with Gasteiger partial charge in [0.1, 0.15) is 11.5 Å². The van der Waals surface area contributed by atoms with E-state index in [1.165, 1.54) is 0 Å². The lowest BCUT2D eigenvalue weighted by Crippen LogP contribution is -2.30. The Kier molecular flexibility index (Phi) is 6.75. The summed E-state index contributed by atoms with van der Waals surface area (Å²) in [6.07, 6.45) is -0.106. The van der Waals surface area contributed by atoms with Gasteiger partial charge in [-0.1, -0.05) is 50.2 Å². The summed E-state index contributed by atoms with van der Waals surface area (Å²) in [5.41, 5.74) is 2.20. The number of hydrogen-bond donors (Lipinski definition) is 2. The first-order valence-electron chi connectivity index (χ1n) is 11.5. The van der Waals surface area contributed by atoms with Gasteiger partial charge >= 0.3 is 5.97 Å². The minimum absolute atomic E-state index is 0.106. The van der Waals surface area contributed by atoms with Gasteiger partial charge in [-0.25, -0.2) is 0 Å². The highest BCUT2D eigenvalue weighted by Gasteiger charge is 2.43. The molecule has 0 saturated heterocycles. The number of ether oxygens (including phenoxy) is 2. The number of carboxylic acid groups (broad SMARTS) is 1. The summed E-state index contributed by atoms with van der Waals surface area (Å²) in [7, 11) is 0. The number of rotatable bonds is 9. The fourth-order valence-electron chi connectivity index (χ4n) is 4.43. The normalized spacial score (nSPS) is 15.1. The SMILES string of the molecule is CCOc1c2c(c(OCC(C)C)c3ccccc13)C(CO)N(c1ccc(CC(=O)O)cc1)C2=O. The molecule has 1 heterocycles. The molecular weight excluding hydrogens is 434 g/mol. The zero-order chi connectivity index (χ0) is 24.4. The fourth-order valence-corrected chi connectivity index (χ4v) is 4.43. The maximum atomic E-state index is 13.8. The molecule has 4 rings (SSSR count). The largest absolute Gasteiger partial charge is 0.492 e. The summed E-state index contributed by atoms with van der Waals surface area (Å²) < 4.78 is 12.3. The predicted molar refractivity (Wildman–Crippen MR) is 130 cm³/mol. The van der Waals surface area contributed by atoms with Gasteiger partial charge in [0, 0.05) is 22.0 Å². The number of benzene rings is 3. The van der Waals surface area contributed by atoms with E-state index in [2.05, 4.69) is 13.8 Å². The van der Waals surface area contributed by atoms with Crippen molar-refractivity contribution in [2.24, 2.45) is 5.92 Å². The zero-order valence-corrected chi connectivity index (χ0v) is 19.6. The summed E-state index contributed by atoms with van der Waals surface area (Å²) >= 11 is 0. The van der Waals surface area contributed by atoms with Crippen LogP contribution in [0, 0.1) is 5.92 Å². The van der Waals surface area contributed by atoms with E-state index in [1.54, 1.807) is 29.2 Å². The molecule has 0 fully saturated rings. The minimum atomic E-state index is -0.925. The molecule has 0 spiro atoms. The highest BCUT2D eigenvalue weighted by Crippen LogP contribution is 2.50. The van der Waals surface area contributed by atoms with Crippen molar-refractivity contribution in [3.63, 3.8) is 0 Å². The summed E-state index contributed by atoms with van der Waals surface area (Å²) in [6.45, 7) is 6.50. The van der Waals surface area contributed by atoms with E-state index in [0.29, 0.717) is 47.1 Å². The van der Waals surface area contributed by atoms with E-state index >= 15 is 0 Å².